The number of anilines is 1. The van der Waals surface area contributed by atoms with Gasteiger partial charge in [0, 0.05) is 37.4 Å². The summed E-state index contributed by atoms with van der Waals surface area (Å²) in [4.78, 5) is 15.6. The lowest BCUT2D eigenvalue weighted by molar-refractivity contribution is 0.193. The van der Waals surface area contributed by atoms with Crippen LogP contribution in [-0.4, -0.2) is 48.3 Å². The first-order valence-corrected chi connectivity index (χ1v) is 7.25. The average Bonchev–Trinajstić information content (AvgIpc) is 2.82. The number of hydrogen-bond donors (Lipinski definition) is 2. The first kappa shape index (κ1) is 14.1. The molecule has 2 saturated heterocycles. The molecule has 0 radical (unpaired) electrons. The fraction of sp³-hybridized carbons (Fsp3) is 0.533. The minimum atomic E-state index is -0.725. The Balaban J connectivity index is 1.90. The maximum atomic E-state index is 13.8. The van der Waals surface area contributed by atoms with Gasteiger partial charge in [0.25, 0.3) is 0 Å². The number of hydrogen-bond acceptors (Lipinski definition) is 3. The normalized spacial score (nSPS) is 23.0. The van der Waals surface area contributed by atoms with Gasteiger partial charge in [0.15, 0.2) is 0 Å². The summed E-state index contributed by atoms with van der Waals surface area (Å²) in [6, 6.07) is 3.33. The Morgan fingerprint density at radius 3 is 2.90 bits per heavy atom. The third-order valence-electron chi connectivity index (χ3n) is 4.33. The molecule has 0 aromatic heterocycles. The second-order valence-corrected chi connectivity index (χ2v) is 5.82. The summed E-state index contributed by atoms with van der Waals surface area (Å²) in [6.45, 7) is 6.04. The van der Waals surface area contributed by atoms with Crippen LogP contribution in [0.2, 0.25) is 0 Å². The Morgan fingerprint density at radius 2 is 2.19 bits per heavy atom. The highest BCUT2D eigenvalue weighted by Crippen LogP contribution is 2.31. The van der Waals surface area contributed by atoms with Crippen molar-refractivity contribution in [1.82, 2.24) is 10.2 Å². The largest absolute Gasteiger partial charge is 0.389 e. The van der Waals surface area contributed by atoms with Crippen LogP contribution in [0.4, 0.5) is 14.9 Å². The molecular formula is C15H20FN3O2. The van der Waals surface area contributed by atoms with Crippen LogP contribution in [0, 0.1) is 12.7 Å². The molecule has 2 aliphatic heterocycles. The van der Waals surface area contributed by atoms with E-state index < -0.39 is 6.10 Å². The molecule has 2 fully saturated rings. The third kappa shape index (κ3) is 2.44. The lowest BCUT2D eigenvalue weighted by atomic mass is 10.0. The van der Waals surface area contributed by atoms with Crippen LogP contribution in [0.25, 0.3) is 0 Å². The number of benzene rings is 1. The monoisotopic (exact) mass is 293 g/mol. The third-order valence-corrected chi connectivity index (χ3v) is 4.33. The minimum absolute atomic E-state index is 0.00862. The molecule has 3 rings (SSSR count). The van der Waals surface area contributed by atoms with Crippen LogP contribution in [0.15, 0.2) is 12.1 Å². The molecule has 0 spiro atoms. The zero-order valence-corrected chi connectivity index (χ0v) is 12.3. The van der Waals surface area contributed by atoms with Crippen molar-refractivity contribution in [2.45, 2.75) is 26.0 Å². The van der Waals surface area contributed by atoms with E-state index in [4.69, 9.17) is 0 Å². The van der Waals surface area contributed by atoms with E-state index in [1.807, 2.05) is 4.90 Å². The number of nitrogens with one attached hydrogen (secondary N) is 1. The van der Waals surface area contributed by atoms with Crippen molar-refractivity contribution >= 4 is 11.7 Å². The highest BCUT2D eigenvalue weighted by molar-refractivity contribution is 5.77. The van der Waals surface area contributed by atoms with E-state index in [1.54, 1.807) is 19.9 Å². The van der Waals surface area contributed by atoms with Gasteiger partial charge in [-0.15, -0.1) is 0 Å². The van der Waals surface area contributed by atoms with Crippen LogP contribution in [0.5, 0.6) is 0 Å². The SMILES string of the molecule is Cc1cc(N2CCN3C(=O)NCC3C2)c([C@H](C)O)cc1F. The van der Waals surface area contributed by atoms with Gasteiger partial charge in [-0.25, -0.2) is 9.18 Å². The van der Waals surface area contributed by atoms with Crippen molar-refractivity contribution < 1.29 is 14.3 Å². The molecule has 0 bridgehead atoms. The lowest BCUT2D eigenvalue weighted by Gasteiger charge is -2.39. The molecule has 1 aromatic rings. The van der Waals surface area contributed by atoms with Gasteiger partial charge in [-0.1, -0.05) is 0 Å². The van der Waals surface area contributed by atoms with Gasteiger partial charge < -0.3 is 20.2 Å². The van der Waals surface area contributed by atoms with Crippen LogP contribution in [0.1, 0.15) is 24.2 Å². The number of amides is 2. The Hall–Kier alpha value is -1.82. The number of nitrogens with zero attached hydrogens (tertiary/aromatic N) is 2. The summed E-state index contributed by atoms with van der Waals surface area (Å²) >= 11 is 0. The topological polar surface area (TPSA) is 55.8 Å². The maximum Gasteiger partial charge on any atom is 0.317 e. The fourth-order valence-corrected chi connectivity index (χ4v) is 3.11. The molecule has 2 N–H and O–H groups in total. The van der Waals surface area contributed by atoms with Crippen molar-refractivity contribution in [3.8, 4) is 0 Å². The molecule has 114 valence electrons. The van der Waals surface area contributed by atoms with E-state index in [0.717, 1.165) is 5.69 Å². The van der Waals surface area contributed by atoms with Crippen molar-refractivity contribution in [2.75, 3.05) is 31.1 Å². The molecule has 1 aromatic carbocycles. The zero-order valence-electron chi connectivity index (χ0n) is 12.3. The summed E-state index contributed by atoms with van der Waals surface area (Å²) in [7, 11) is 0. The predicted octanol–water partition coefficient (Wildman–Crippen LogP) is 1.40. The molecule has 2 heterocycles. The number of fused-ring (bicyclic) bond motifs is 1. The number of rotatable bonds is 2. The van der Waals surface area contributed by atoms with Gasteiger partial charge in [-0.2, -0.15) is 0 Å². The number of piperazine rings is 1. The Kier molecular flexibility index (Phi) is 3.49. The number of urea groups is 1. The highest BCUT2D eigenvalue weighted by atomic mass is 19.1. The molecule has 2 aliphatic rings. The number of carbonyl (C=O) groups is 1. The number of aryl methyl sites for hydroxylation is 1. The molecule has 2 atom stereocenters. The quantitative estimate of drug-likeness (QED) is 0.866. The fourth-order valence-electron chi connectivity index (χ4n) is 3.11. The van der Waals surface area contributed by atoms with Crippen molar-refractivity contribution in [3.05, 3.63) is 29.1 Å². The number of aliphatic hydroxyl groups excluding tert-OH is 1. The average molecular weight is 293 g/mol. The van der Waals surface area contributed by atoms with Crippen LogP contribution in [0.3, 0.4) is 0 Å². The van der Waals surface area contributed by atoms with Gasteiger partial charge in [-0.3, -0.25) is 0 Å². The first-order valence-electron chi connectivity index (χ1n) is 7.25. The molecular weight excluding hydrogens is 273 g/mol. The number of carbonyl (C=O) groups excluding carboxylic acids is 1. The molecule has 2 amide bonds. The molecule has 21 heavy (non-hydrogen) atoms. The van der Waals surface area contributed by atoms with Crippen molar-refractivity contribution in [3.63, 3.8) is 0 Å². The second kappa shape index (κ2) is 5.18. The van der Waals surface area contributed by atoms with E-state index in [-0.39, 0.29) is 17.9 Å². The van der Waals surface area contributed by atoms with Crippen molar-refractivity contribution in [1.29, 1.82) is 0 Å². The van der Waals surface area contributed by atoms with Crippen molar-refractivity contribution in [2.24, 2.45) is 0 Å². The summed E-state index contributed by atoms with van der Waals surface area (Å²) in [6.07, 6.45) is -0.725. The predicted molar refractivity (Wildman–Crippen MR) is 77.9 cm³/mol. The Bertz CT molecular complexity index is 576. The molecule has 0 aliphatic carbocycles. The van der Waals surface area contributed by atoms with E-state index in [0.29, 0.717) is 37.3 Å². The second-order valence-electron chi connectivity index (χ2n) is 5.82. The summed E-state index contributed by atoms with van der Waals surface area (Å²) in [5.41, 5.74) is 2.03. The van der Waals surface area contributed by atoms with Gasteiger partial charge >= 0.3 is 6.03 Å². The Morgan fingerprint density at radius 1 is 1.43 bits per heavy atom. The Labute approximate surface area is 123 Å². The van der Waals surface area contributed by atoms with Crippen LogP contribution in [-0.2, 0) is 0 Å². The number of halogens is 1. The standard InChI is InChI=1S/C15H20FN3O2/c1-9-5-14(12(10(2)20)6-13(9)16)18-3-4-19-11(8-18)7-17-15(19)21/h5-6,10-11,20H,3-4,7-8H2,1-2H3,(H,17,21)/t10-,11?/m0/s1. The van der Waals surface area contributed by atoms with Gasteiger partial charge in [-0.05, 0) is 31.5 Å². The highest BCUT2D eigenvalue weighted by Gasteiger charge is 2.36. The lowest BCUT2D eigenvalue weighted by Crippen LogP contribution is -2.52. The molecule has 0 saturated carbocycles. The first-order chi connectivity index (χ1) is 9.97. The van der Waals surface area contributed by atoms with Crippen LogP contribution < -0.4 is 10.2 Å². The van der Waals surface area contributed by atoms with E-state index in [2.05, 4.69) is 10.2 Å². The van der Waals surface area contributed by atoms with Gasteiger partial charge in [0.2, 0.25) is 0 Å². The van der Waals surface area contributed by atoms with Crippen LogP contribution >= 0.6 is 0 Å². The smallest absolute Gasteiger partial charge is 0.317 e. The molecule has 1 unspecified atom stereocenters. The number of aliphatic hydroxyl groups is 1. The van der Waals surface area contributed by atoms with E-state index in [1.165, 1.54) is 6.07 Å². The van der Waals surface area contributed by atoms with E-state index >= 15 is 0 Å². The van der Waals surface area contributed by atoms with E-state index in [9.17, 15) is 14.3 Å². The molecule has 5 nitrogen and oxygen atoms in total. The molecule has 6 heteroatoms. The summed E-state index contributed by atoms with van der Waals surface area (Å²) < 4.78 is 13.8. The van der Waals surface area contributed by atoms with Gasteiger partial charge in [0.1, 0.15) is 5.82 Å². The maximum absolute atomic E-state index is 13.8. The van der Waals surface area contributed by atoms with Gasteiger partial charge in [0.05, 0.1) is 12.1 Å². The zero-order chi connectivity index (χ0) is 15.1. The summed E-state index contributed by atoms with van der Waals surface area (Å²) in [5.74, 6) is -0.300. The minimum Gasteiger partial charge on any atom is -0.389 e. The summed E-state index contributed by atoms with van der Waals surface area (Å²) in [5, 5.41) is 12.8.